The average molecular weight is 513 g/mol. The van der Waals surface area contributed by atoms with Crippen molar-refractivity contribution >= 4 is 18.2 Å². The quantitative estimate of drug-likeness (QED) is 0.326. The highest BCUT2D eigenvalue weighted by molar-refractivity contribution is 5.93. The maximum absolute atomic E-state index is 11.9. The number of nitrogens with one attached hydrogen (secondary N) is 2. The molecule has 36 heavy (non-hydrogen) atoms. The van der Waals surface area contributed by atoms with Gasteiger partial charge in [-0.1, -0.05) is 67.4 Å². The van der Waals surface area contributed by atoms with Crippen LogP contribution in [0.4, 0.5) is 0 Å². The zero-order chi connectivity index (χ0) is 28.7. The number of nitrogens with zero attached hydrogens (tertiary/aromatic N) is 2. The van der Waals surface area contributed by atoms with Crippen molar-refractivity contribution in [2.24, 2.45) is 11.8 Å². The molecule has 1 aliphatic rings. The largest absolute Gasteiger partial charge is 0.353 e. The summed E-state index contributed by atoms with van der Waals surface area (Å²) in [5, 5.41) is 5.07. The number of rotatable bonds is 9. The summed E-state index contributed by atoms with van der Waals surface area (Å²) in [4.78, 5) is 38.0. The molecule has 1 heterocycles. The summed E-state index contributed by atoms with van der Waals surface area (Å²) in [7, 11) is 1.67. The van der Waals surface area contributed by atoms with Crippen LogP contribution in [0.3, 0.4) is 0 Å². The Hall–Kier alpha value is -1.89. The van der Waals surface area contributed by atoms with Crippen LogP contribution in [0.15, 0.2) is 11.6 Å². The Balaban J connectivity index is -0.000000553. The summed E-state index contributed by atoms with van der Waals surface area (Å²) in [6, 6.07) is 0.573. The second-order valence-corrected chi connectivity index (χ2v) is 10.6. The number of carbonyl (C=O) groups is 3. The first-order valence-corrected chi connectivity index (χ1v) is 13.9. The molecule has 1 saturated heterocycles. The van der Waals surface area contributed by atoms with E-state index in [0.29, 0.717) is 18.5 Å². The van der Waals surface area contributed by atoms with Gasteiger partial charge in [-0.3, -0.25) is 14.4 Å². The highest BCUT2D eigenvalue weighted by atomic mass is 16.2. The first-order chi connectivity index (χ1) is 16.8. The van der Waals surface area contributed by atoms with Crippen LogP contribution in [-0.2, 0) is 14.4 Å². The molecule has 1 atom stereocenters. The Morgan fingerprint density at radius 3 is 1.75 bits per heavy atom. The fourth-order valence-corrected chi connectivity index (χ4v) is 3.24. The van der Waals surface area contributed by atoms with Crippen LogP contribution >= 0.6 is 0 Å². The molecule has 0 aliphatic carbocycles. The topological polar surface area (TPSA) is 81.8 Å². The first kappa shape index (κ1) is 38.6. The molecule has 0 saturated carbocycles. The zero-order valence-electron chi connectivity index (χ0n) is 25.7. The van der Waals surface area contributed by atoms with Gasteiger partial charge in [-0.2, -0.15) is 0 Å². The van der Waals surface area contributed by atoms with Gasteiger partial charge in [0.2, 0.25) is 18.2 Å². The second-order valence-electron chi connectivity index (χ2n) is 10.6. The van der Waals surface area contributed by atoms with E-state index in [4.69, 9.17) is 0 Å². The monoisotopic (exact) mass is 512 g/mol. The van der Waals surface area contributed by atoms with Crippen LogP contribution in [-0.4, -0.2) is 73.3 Å². The number of piperidine rings is 1. The second kappa shape index (κ2) is 24.8. The fourth-order valence-electron chi connectivity index (χ4n) is 3.24. The summed E-state index contributed by atoms with van der Waals surface area (Å²) in [6.07, 6.45) is 7.81. The van der Waals surface area contributed by atoms with Gasteiger partial charge in [0, 0.05) is 25.2 Å². The third-order valence-electron chi connectivity index (χ3n) is 5.10. The Labute approximate surface area is 223 Å². The average Bonchev–Trinajstić information content (AvgIpc) is 2.81. The lowest BCUT2D eigenvalue weighted by Crippen LogP contribution is -2.43. The maximum Gasteiger partial charge on any atom is 0.246 e. The molecule has 7 nitrogen and oxygen atoms in total. The van der Waals surface area contributed by atoms with E-state index in [-0.39, 0.29) is 30.3 Å². The van der Waals surface area contributed by atoms with Crippen molar-refractivity contribution in [1.82, 2.24) is 20.4 Å². The molecule has 1 aliphatic heterocycles. The molecule has 7 heteroatoms. The number of hydrogen-bond acceptors (Lipinski definition) is 4. The van der Waals surface area contributed by atoms with E-state index in [9.17, 15) is 14.4 Å². The van der Waals surface area contributed by atoms with Crippen LogP contribution < -0.4 is 10.6 Å². The van der Waals surface area contributed by atoms with Crippen molar-refractivity contribution in [1.29, 1.82) is 0 Å². The van der Waals surface area contributed by atoms with E-state index in [1.54, 1.807) is 24.9 Å². The minimum atomic E-state index is -0.198. The molecule has 0 radical (unpaired) electrons. The van der Waals surface area contributed by atoms with E-state index >= 15 is 0 Å². The third kappa shape index (κ3) is 22.6. The van der Waals surface area contributed by atoms with E-state index < -0.39 is 0 Å². The summed E-state index contributed by atoms with van der Waals surface area (Å²) in [5.41, 5.74) is 0.577. The molecule has 2 N–H and O–H groups in total. The molecule has 0 aromatic carbocycles. The lowest BCUT2D eigenvalue weighted by Gasteiger charge is -2.29. The minimum Gasteiger partial charge on any atom is -0.353 e. The molecular formula is C29H60N4O3. The maximum atomic E-state index is 11.9. The number of hydrogen-bond donors (Lipinski definition) is 2. The minimum absolute atomic E-state index is 0.0444. The smallest absolute Gasteiger partial charge is 0.246 e. The molecule has 0 aromatic heterocycles. The summed E-state index contributed by atoms with van der Waals surface area (Å²) in [5.74, 6) is 0.658. The lowest BCUT2D eigenvalue weighted by molar-refractivity contribution is -0.132. The molecule has 0 spiro atoms. The van der Waals surface area contributed by atoms with Gasteiger partial charge in [-0.25, -0.2) is 0 Å². The number of likely N-dealkylation sites (N-methyl/N-ethyl adjacent to an activating group) is 2. The van der Waals surface area contributed by atoms with Gasteiger partial charge < -0.3 is 20.4 Å². The van der Waals surface area contributed by atoms with Crippen molar-refractivity contribution in [3.8, 4) is 0 Å². The number of carbonyl (C=O) groups excluding carboxylic acids is 3. The van der Waals surface area contributed by atoms with Gasteiger partial charge in [-0.05, 0) is 65.5 Å². The Kier molecular flexibility index (Phi) is 26.6. The molecule has 0 aromatic rings. The van der Waals surface area contributed by atoms with Crippen LogP contribution in [0.25, 0.3) is 0 Å². The van der Waals surface area contributed by atoms with Gasteiger partial charge in [0.05, 0.1) is 12.6 Å². The molecule has 214 valence electrons. The molecule has 3 amide bonds. The first-order valence-electron chi connectivity index (χ1n) is 13.9. The van der Waals surface area contributed by atoms with Gasteiger partial charge in [0.15, 0.2) is 0 Å². The molecule has 0 bridgehead atoms. The highest BCUT2D eigenvalue weighted by Crippen LogP contribution is 2.13. The Morgan fingerprint density at radius 1 is 0.944 bits per heavy atom. The Morgan fingerprint density at radius 2 is 1.42 bits per heavy atom. The summed E-state index contributed by atoms with van der Waals surface area (Å²) < 4.78 is 0. The van der Waals surface area contributed by atoms with Crippen molar-refractivity contribution < 1.29 is 14.4 Å². The summed E-state index contributed by atoms with van der Waals surface area (Å²) >= 11 is 0. The molecule has 1 rings (SSSR count). The van der Waals surface area contributed by atoms with Crippen LogP contribution in [0.5, 0.6) is 0 Å². The molecule has 1 fully saturated rings. The van der Waals surface area contributed by atoms with Crippen molar-refractivity contribution in [2.75, 3.05) is 33.2 Å². The fraction of sp³-hybridized carbons (Fsp3) is 0.828. The van der Waals surface area contributed by atoms with Gasteiger partial charge in [-0.15, -0.1) is 0 Å². The zero-order valence-corrected chi connectivity index (χ0v) is 25.7. The Bertz CT molecular complexity index is 580. The van der Waals surface area contributed by atoms with Crippen molar-refractivity contribution in [2.45, 2.75) is 114 Å². The van der Waals surface area contributed by atoms with Crippen LogP contribution in [0.2, 0.25) is 0 Å². The van der Waals surface area contributed by atoms with Crippen molar-refractivity contribution in [3.63, 3.8) is 0 Å². The number of likely N-dealkylation sites (tertiary alicyclic amines) is 1. The summed E-state index contributed by atoms with van der Waals surface area (Å²) in [6.45, 7) is 26.0. The highest BCUT2D eigenvalue weighted by Gasteiger charge is 2.21. The van der Waals surface area contributed by atoms with E-state index in [2.05, 4.69) is 64.0 Å². The van der Waals surface area contributed by atoms with E-state index in [1.165, 1.54) is 38.8 Å². The third-order valence-corrected chi connectivity index (χ3v) is 5.10. The predicted molar refractivity (Wildman–Crippen MR) is 155 cm³/mol. The molecular weight excluding hydrogens is 452 g/mol. The predicted octanol–water partition coefficient (Wildman–Crippen LogP) is 5.26. The van der Waals surface area contributed by atoms with Gasteiger partial charge >= 0.3 is 0 Å². The standard InChI is InChI=1S/C14H25N3O3.C8H17N.C4H10.C3H8/c1-6-16-14(20)11(4)7-12(10(2)3)17(5)13(19)8-15-9-18;1-8(2)9-6-4-3-5-7-9;1-4(2)3;1-3-2/h7,9-10,12H,6,8H2,1-5H3,(H,15,18)(H,16,20);8H,3-7H2,1-2H3;4H,1-3H3;3H2,1-2H3/b11-7+;;;/t12-;;;/m1.../s1. The molecule has 0 unspecified atom stereocenters. The van der Waals surface area contributed by atoms with E-state index in [0.717, 1.165) is 12.0 Å². The van der Waals surface area contributed by atoms with Crippen LogP contribution in [0, 0.1) is 11.8 Å². The normalized spacial score (nSPS) is 14.4. The van der Waals surface area contributed by atoms with Gasteiger partial charge in [0.1, 0.15) is 0 Å². The number of amides is 3. The lowest BCUT2D eigenvalue weighted by atomic mass is 10.00. The van der Waals surface area contributed by atoms with Crippen LogP contribution in [0.1, 0.15) is 102 Å². The van der Waals surface area contributed by atoms with Gasteiger partial charge in [0.25, 0.3) is 0 Å². The van der Waals surface area contributed by atoms with E-state index in [1.807, 2.05) is 20.8 Å². The van der Waals surface area contributed by atoms with Crippen molar-refractivity contribution in [3.05, 3.63) is 11.6 Å². The SMILES string of the molecule is CC(C)C.CC(C)N1CCCCC1.CCC.CCNC(=O)/C(C)=C/[C@H](C(C)C)N(C)C(=O)CNC=O.